The molecule has 1 saturated heterocycles. The number of rotatable bonds is 6. The number of fused-ring (bicyclic) bond motifs is 1. The summed E-state index contributed by atoms with van der Waals surface area (Å²) in [7, 11) is 2.52. The maximum Gasteiger partial charge on any atom is 0.497 e. The number of amides is 1. The van der Waals surface area contributed by atoms with Gasteiger partial charge in [0.15, 0.2) is 0 Å². The summed E-state index contributed by atoms with van der Waals surface area (Å²) in [6.45, 7) is 15.9. The van der Waals surface area contributed by atoms with Crippen LogP contribution in [0, 0.1) is 12.7 Å². The maximum absolute atomic E-state index is 14.6. The second-order valence-corrected chi connectivity index (χ2v) is 10.9. The van der Waals surface area contributed by atoms with Crippen LogP contribution in [0.5, 0.6) is 0 Å². The molecule has 8 nitrogen and oxygen atoms in total. The minimum Gasteiger partial charge on any atom is -0.444 e. The van der Waals surface area contributed by atoms with Gasteiger partial charge in [0.2, 0.25) is 0 Å². The van der Waals surface area contributed by atoms with Crippen molar-refractivity contribution in [1.82, 2.24) is 14.5 Å². The van der Waals surface area contributed by atoms with Crippen LogP contribution in [-0.2, 0) is 25.3 Å². The van der Waals surface area contributed by atoms with Crippen LogP contribution in [0.1, 0.15) is 54.3 Å². The Morgan fingerprint density at radius 3 is 2.35 bits per heavy atom. The minimum atomic E-state index is -0.747. The molecule has 10 heteroatoms. The van der Waals surface area contributed by atoms with Crippen molar-refractivity contribution < 1.29 is 28.0 Å². The second kappa shape index (κ2) is 9.13. The van der Waals surface area contributed by atoms with E-state index in [-0.39, 0.29) is 6.10 Å². The van der Waals surface area contributed by atoms with Gasteiger partial charge in [-0.2, -0.15) is 0 Å². The summed E-state index contributed by atoms with van der Waals surface area (Å²) in [5.41, 5.74) is 0.0804. The van der Waals surface area contributed by atoms with Gasteiger partial charge in [0.05, 0.1) is 41.4 Å². The van der Waals surface area contributed by atoms with E-state index in [9.17, 15) is 9.18 Å². The van der Waals surface area contributed by atoms with Crippen molar-refractivity contribution in [1.29, 1.82) is 0 Å². The molecule has 188 valence electrons. The number of likely N-dealkylation sites (N-methyl/N-ethyl adjacent to an activating group) is 1. The third-order valence-corrected chi connectivity index (χ3v) is 6.44. The van der Waals surface area contributed by atoms with Crippen LogP contribution in [0.15, 0.2) is 12.1 Å². The van der Waals surface area contributed by atoms with Crippen LogP contribution in [0.4, 0.5) is 9.18 Å². The monoisotopic (exact) mass is 477 g/mol. The number of carbonyl (C=O) groups excluding carboxylic acids is 1. The second-order valence-electron chi connectivity index (χ2n) is 10.9. The summed E-state index contributed by atoms with van der Waals surface area (Å²) in [6, 6.07) is 2.85. The lowest BCUT2D eigenvalue weighted by Gasteiger charge is -2.32. The first-order chi connectivity index (χ1) is 15.5. The summed E-state index contributed by atoms with van der Waals surface area (Å²) in [4.78, 5) is 18.5. The Morgan fingerprint density at radius 1 is 1.24 bits per heavy atom. The molecule has 2 aromatic rings. The van der Waals surface area contributed by atoms with Crippen molar-refractivity contribution in [2.24, 2.45) is 0 Å². The van der Waals surface area contributed by atoms with E-state index in [0.29, 0.717) is 29.9 Å². The minimum absolute atomic E-state index is 0.303. The number of benzene rings is 1. The standard InChI is InChI=1S/C24H37BFN3O5/c1-15-27-19-12-16(26)11-18(25-33-23(5,6)24(7,8)34-25)20(19)29(15)14-17(31-10)13-28(9)21(30)32-22(2,3)4/h11-12,17H,13-14H2,1-10H3/t17-/m1/s1. The van der Waals surface area contributed by atoms with E-state index in [1.807, 2.05) is 60.0 Å². The SMILES string of the molecule is CO[C@H](CN(C)C(=O)OC(C)(C)C)Cn1c(C)nc2cc(F)cc(B3OC(C)(C)C(C)(C)O3)c21. The fourth-order valence-electron chi connectivity index (χ4n) is 3.88. The van der Waals surface area contributed by atoms with Gasteiger partial charge in [0.25, 0.3) is 0 Å². The fraction of sp³-hybridized carbons (Fsp3) is 0.667. The lowest BCUT2D eigenvalue weighted by molar-refractivity contribution is 0.00578. The van der Waals surface area contributed by atoms with Gasteiger partial charge in [0.1, 0.15) is 17.2 Å². The van der Waals surface area contributed by atoms with Crippen molar-refractivity contribution in [3.63, 3.8) is 0 Å². The molecular weight excluding hydrogens is 440 g/mol. The summed E-state index contributed by atoms with van der Waals surface area (Å²) < 4.78 is 40.1. The Kier molecular flexibility index (Phi) is 7.10. The summed E-state index contributed by atoms with van der Waals surface area (Å²) >= 11 is 0. The highest BCUT2D eigenvalue weighted by atomic mass is 19.1. The number of hydrogen-bond donors (Lipinski definition) is 0. The molecule has 2 heterocycles. The number of imidazole rings is 1. The van der Waals surface area contributed by atoms with Gasteiger partial charge < -0.3 is 28.2 Å². The molecule has 0 aliphatic carbocycles. The van der Waals surface area contributed by atoms with Gasteiger partial charge in [-0.3, -0.25) is 0 Å². The summed E-state index contributed by atoms with van der Waals surface area (Å²) in [5, 5.41) is 0. The highest BCUT2D eigenvalue weighted by molar-refractivity contribution is 6.65. The number of aromatic nitrogens is 2. The van der Waals surface area contributed by atoms with Gasteiger partial charge in [-0.05, 0) is 61.5 Å². The Bertz CT molecular complexity index is 1050. The molecule has 0 radical (unpaired) electrons. The topological polar surface area (TPSA) is 75.0 Å². The van der Waals surface area contributed by atoms with Crippen LogP contribution in [-0.4, -0.2) is 71.3 Å². The predicted molar refractivity (Wildman–Crippen MR) is 130 cm³/mol. The van der Waals surface area contributed by atoms with Crippen molar-refractivity contribution >= 4 is 29.7 Å². The number of methoxy groups -OCH3 is 1. The first-order valence-corrected chi connectivity index (χ1v) is 11.5. The number of halogens is 1. The molecule has 3 rings (SSSR count). The van der Waals surface area contributed by atoms with Gasteiger partial charge >= 0.3 is 13.2 Å². The van der Waals surface area contributed by atoms with E-state index < -0.39 is 35.8 Å². The molecule has 0 unspecified atom stereocenters. The van der Waals surface area contributed by atoms with Gasteiger partial charge in [0, 0.05) is 25.7 Å². The first kappa shape index (κ1) is 26.4. The third-order valence-electron chi connectivity index (χ3n) is 6.44. The van der Waals surface area contributed by atoms with Crippen LogP contribution in [0.25, 0.3) is 11.0 Å². The summed E-state index contributed by atoms with van der Waals surface area (Å²) in [6.07, 6.45) is -0.786. The van der Waals surface area contributed by atoms with Crippen LogP contribution < -0.4 is 5.46 Å². The smallest absolute Gasteiger partial charge is 0.444 e. The maximum atomic E-state index is 14.6. The van der Waals surface area contributed by atoms with E-state index >= 15 is 0 Å². The van der Waals surface area contributed by atoms with Crippen molar-refractivity contribution in [2.45, 2.75) is 84.8 Å². The van der Waals surface area contributed by atoms with E-state index in [0.717, 1.165) is 5.52 Å². The molecular formula is C24H37BFN3O5. The quantitative estimate of drug-likeness (QED) is 0.592. The number of carbonyl (C=O) groups is 1. The largest absolute Gasteiger partial charge is 0.497 e. The molecule has 1 amide bonds. The van der Waals surface area contributed by atoms with Gasteiger partial charge in [-0.15, -0.1) is 0 Å². The average molecular weight is 477 g/mol. The molecule has 0 saturated carbocycles. The predicted octanol–water partition coefficient (Wildman–Crippen LogP) is 3.66. The molecule has 1 atom stereocenters. The van der Waals surface area contributed by atoms with Crippen molar-refractivity contribution in [3.8, 4) is 0 Å². The van der Waals surface area contributed by atoms with Crippen LogP contribution in [0.2, 0.25) is 0 Å². The molecule has 1 fully saturated rings. The zero-order chi connectivity index (χ0) is 25.6. The van der Waals surface area contributed by atoms with Crippen LogP contribution >= 0.6 is 0 Å². The highest BCUT2D eigenvalue weighted by Crippen LogP contribution is 2.37. The number of nitrogens with zero attached hydrogens (tertiary/aromatic N) is 3. The Balaban J connectivity index is 1.94. The zero-order valence-electron chi connectivity index (χ0n) is 22.0. The van der Waals surface area contributed by atoms with E-state index in [1.54, 1.807) is 14.2 Å². The molecule has 1 aromatic carbocycles. The number of aryl methyl sites for hydroxylation is 1. The highest BCUT2D eigenvalue weighted by Gasteiger charge is 2.52. The van der Waals surface area contributed by atoms with E-state index in [4.69, 9.17) is 18.8 Å². The van der Waals surface area contributed by atoms with E-state index in [2.05, 4.69) is 4.98 Å². The lowest BCUT2D eigenvalue weighted by atomic mass is 9.78. The molecule has 0 bridgehead atoms. The zero-order valence-corrected chi connectivity index (χ0v) is 22.0. The molecule has 34 heavy (non-hydrogen) atoms. The van der Waals surface area contributed by atoms with E-state index in [1.165, 1.54) is 17.0 Å². The molecule has 0 N–H and O–H groups in total. The normalized spacial score (nSPS) is 18.4. The van der Waals surface area contributed by atoms with Crippen LogP contribution in [0.3, 0.4) is 0 Å². The van der Waals surface area contributed by atoms with Crippen molar-refractivity contribution in [2.75, 3.05) is 20.7 Å². The summed E-state index contributed by atoms with van der Waals surface area (Å²) in [5.74, 6) is 0.287. The van der Waals surface area contributed by atoms with Gasteiger partial charge in [-0.1, -0.05) is 0 Å². The molecule has 1 aliphatic heterocycles. The molecule has 0 spiro atoms. The lowest BCUT2D eigenvalue weighted by Crippen LogP contribution is -2.41. The van der Waals surface area contributed by atoms with Crippen molar-refractivity contribution in [3.05, 3.63) is 23.8 Å². The Morgan fingerprint density at radius 2 is 1.82 bits per heavy atom. The molecule has 1 aromatic heterocycles. The fourth-order valence-corrected chi connectivity index (χ4v) is 3.88. The third kappa shape index (κ3) is 5.39. The Hall–Kier alpha value is -2.17. The van der Waals surface area contributed by atoms with Gasteiger partial charge in [-0.25, -0.2) is 14.2 Å². The first-order valence-electron chi connectivity index (χ1n) is 11.5. The number of hydrogen-bond acceptors (Lipinski definition) is 6. The molecule has 1 aliphatic rings. The average Bonchev–Trinajstić information content (AvgIpc) is 3.10. The number of ether oxygens (including phenoxy) is 2. The Labute approximate surface area is 201 Å².